The fourth-order valence-electron chi connectivity index (χ4n) is 2.23. The third kappa shape index (κ3) is 3.20. The maximum atomic E-state index is 5.88. The van der Waals surface area contributed by atoms with Gasteiger partial charge in [-0.2, -0.15) is 0 Å². The summed E-state index contributed by atoms with van der Waals surface area (Å²) in [5.74, 6) is 0.819. The van der Waals surface area contributed by atoms with Crippen molar-refractivity contribution in [3.63, 3.8) is 0 Å². The second-order valence-electron chi connectivity index (χ2n) is 5.15. The number of pyridine rings is 1. The van der Waals surface area contributed by atoms with E-state index in [4.69, 9.17) is 10.5 Å². The van der Waals surface area contributed by atoms with Crippen LogP contribution in [0.1, 0.15) is 24.2 Å². The van der Waals surface area contributed by atoms with Crippen molar-refractivity contribution in [3.05, 3.63) is 71.9 Å². The lowest BCUT2D eigenvalue weighted by Gasteiger charge is -2.10. The number of aromatic nitrogens is 1. The fourth-order valence-corrected chi connectivity index (χ4v) is 2.23. The molecule has 0 radical (unpaired) electrons. The third-order valence-electron chi connectivity index (χ3n) is 3.43. The maximum Gasteiger partial charge on any atom is 0.130 e. The van der Waals surface area contributed by atoms with E-state index in [1.807, 2.05) is 55.5 Å². The molecule has 1 aromatic heterocycles. The maximum absolute atomic E-state index is 5.88. The molecule has 0 bridgehead atoms. The van der Waals surface area contributed by atoms with Gasteiger partial charge in [0.1, 0.15) is 12.4 Å². The quantitative estimate of drug-likeness (QED) is 0.789. The van der Waals surface area contributed by atoms with Crippen molar-refractivity contribution in [2.75, 3.05) is 0 Å². The van der Waals surface area contributed by atoms with E-state index in [0.717, 1.165) is 27.9 Å². The van der Waals surface area contributed by atoms with Gasteiger partial charge in [0, 0.05) is 11.4 Å². The summed E-state index contributed by atoms with van der Waals surface area (Å²) in [6.07, 6.45) is 0. The van der Waals surface area contributed by atoms with Crippen LogP contribution in [0.3, 0.4) is 0 Å². The summed E-state index contributed by atoms with van der Waals surface area (Å²) < 4.78 is 5.81. The van der Waals surface area contributed by atoms with Gasteiger partial charge in [0.25, 0.3) is 0 Å². The monoisotopic (exact) mass is 278 g/mol. The highest BCUT2D eigenvalue weighted by atomic mass is 16.5. The molecule has 3 rings (SSSR count). The van der Waals surface area contributed by atoms with Crippen molar-refractivity contribution in [1.82, 2.24) is 4.98 Å². The molecule has 2 aromatic carbocycles. The SMILES string of the molecule is C[C@@H](N)c1cccc(OCc2ccc3ccccc3n2)c1. The van der Waals surface area contributed by atoms with E-state index in [9.17, 15) is 0 Å². The number of nitrogens with two attached hydrogens (primary N) is 1. The molecular weight excluding hydrogens is 260 g/mol. The van der Waals surface area contributed by atoms with Crippen molar-refractivity contribution in [3.8, 4) is 5.75 Å². The van der Waals surface area contributed by atoms with Gasteiger partial charge < -0.3 is 10.5 Å². The standard InChI is InChI=1S/C18H18N2O/c1-13(19)15-6-4-7-17(11-15)21-12-16-10-9-14-5-2-3-8-18(14)20-16/h2-11,13H,12,19H2,1H3/t13-/m1/s1. The second kappa shape index (κ2) is 5.94. The Bertz CT molecular complexity index is 753. The summed E-state index contributed by atoms with van der Waals surface area (Å²) in [5, 5.41) is 1.14. The van der Waals surface area contributed by atoms with E-state index >= 15 is 0 Å². The Morgan fingerprint density at radius 3 is 2.76 bits per heavy atom. The summed E-state index contributed by atoms with van der Waals surface area (Å²) >= 11 is 0. The molecule has 0 fully saturated rings. The second-order valence-corrected chi connectivity index (χ2v) is 5.15. The molecule has 2 N–H and O–H groups in total. The lowest BCUT2D eigenvalue weighted by molar-refractivity contribution is 0.301. The van der Waals surface area contributed by atoms with Crippen molar-refractivity contribution in [2.45, 2.75) is 19.6 Å². The lowest BCUT2D eigenvalue weighted by Crippen LogP contribution is -2.05. The molecule has 3 aromatic rings. The number of ether oxygens (including phenoxy) is 1. The average molecular weight is 278 g/mol. The Morgan fingerprint density at radius 1 is 1.05 bits per heavy atom. The van der Waals surface area contributed by atoms with Crippen LogP contribution in [0.2, 0.25) is 0 Å². The first-order valence-electron chi connectivity index (χ1n) is 7.05. The highest BCUT2D eigenvalue weighted by molar-refractivity contribution is 5.78. The summed E-state index contributed by atoms with van der Waals surface area (Å²) in [4.78, 5) is 4.60. The summed E-state index contributed by atoms with van der Waals surface area (Å²) in [7, 11) is 0. The van der Waals surface area contributed by atoms with Crippen LogP contribution in [0.15, 0.2) is 60.7 Å². The zero-order chi connectivity index (χ0) is 14.7. The predicted molar refractivity (Wildman–Crippen MR) is 85.1 cm³/mol. The van der Waals surface area contributed by atoms with Crippen molar-refractivity contribution in [1.29, 1.82) is 0 Å². The highest BCUT2D eigenvalue weighted by Crippen LogP contribution is 2.19. The first-order valence-corrected chi connectivity index (χ1v) is 7.05. The van der Waals surface area contributed by atoms with Gasteiger partial charge in [-0.15, -0.1) is 0 Å². The normalized spacial score (nSPS) is 12.3. The number of para-hydroxylation sites is 1. The van der Waals surface area contributed by atoms with Crippen LogP contribution in [-0.2, 0) is 6.61 Å². The van der Waals surface area contributed by atoms with E-state index in [-0.39, 0.29) is 6.04 Å². The molecule has 106 valence electrons. The molecule has 0 amide bonds. The van der Waals surface area contributed by atoms with E-state index in [1.165, 1.54) is 0 Å². The smallest absolute Gasteiger partial charge is 0.130 e. The largest absolute Gasteiger partial charge is 0.487 e. The summed E-state index contributed by atoms with van der Waals surface area (Å²) in [5.41, 5.74) is 8.86. The number of hydrogen-bond donors (Lipinski definition) is 1. The van der Waals surface area contributed by atoms with Gasteiger partial charge in [0.2, 0.25) is 0 Å². The number of nitrogens with zero attached hydrogens (tertiary/aromatic N) is 1. The van der Waals surface area contributed by atoms with Gasteiger partial charge in [0.05, 0.1) is 11.2 Å². The van der Waals surface area contributed by atoms with E-state index < -0.39 is 0 Å². The first-order chi connectivity index (χ1) is 10.2. The Labute approximate surface area is 124 Å². The van der Waals surface area contributed by atoms with Gasteiger partial charge in [0.15, 0.2) is 0 Å². The Morgan fingerprint density at radius 2 is 1.90 bits per heavy atom. The molecular formula is C18H18N2O. The average Bonchev–Trinajstić information content (AvgIpc) is 2.53. The minimum absolute atomic E-state index is 0.00680. The van der Waals surface area contributed by atoms with E-state index in [1.54, 1.807) is 0 Å². The molecule has 1 heterocycles. The molecule has 1 atom stereocenters. The Kier molecular flexibility index (Phi) is 3.84. The zero-order valence-corrected chi connectivity index (χ0v) is 12.0. The lowest BCUT2D eigenvalue weighted by atomic mass is 10.1. The molecule has 0 saturated heterocycles. The molecule has 0 saturated carbocycles. The Balaban J connectivity index is 1.75. The zero-order valence-electron chi connectivity index (χ0n) is 12.0. The predicted octanol–water partition coefficient (Wildman–Crippen LogP) is 3.83. The summed E-state index contributed by atoms with van der Waals surface area (Å²) in [6, 6.07) is 20.0. The van der Waals surface area contributed by atoms with Crippen LogP contribution in [0.4, 0.5) is 0 Å². The first kappa shape index (κ1) is 13.6. The molecule has 0 spiro atoms. The third-order valence-corrected chi connectivity index (χ3v) is 3.43. The van der Waals surface area contributed by atoms with Gasteiger partial charge >= 0.3 is 0 Å². The van der Waals surface area contributed by atoms with E-state index in [2.05, 4.69) is 17.1 Å². The van der Waals surface area contributed by atoms with Crippen LogP contribution < -0.4 is 10.5 Å². The van der Waals surface area contributed by atoms with Gasteiger partial charge in [-0.25, -0.2) is 4.98 Å². The molecule has 21 heavy (non-hydrogen) atoms. The van der Waals surface area contributed by atoms with Crippen molar-refractivity contribution < 1.29 is 4.74 Å². The number of hydrogen-bond acceptors (Lipinski definition) is 3. The molecule has 0 aliphatic heterocycles. The topological polar surface area (TPSA) is 48.1 Å². The van der Waals surface area contributed by atoms with Crippen LogP contribution >= 0.6 is 0 Å². The number of fused-ring (bicyclic) bond motifs is 1. The van der Waals surface area contributed by atoms with E-state index in [0.29, 0.717) is 6.61 Å². The van der Waals surface area contributed by atoms with Crippen LogP contribution in [0, 0.1) is 0 Å². The van der Waals surface area contributed by atoms with Crippen LogP contribution in [0.25, 0.3) is 10.9 Å². The fraction of sp³-hybridized carbons (Fsp3) is 0.167. The number of benzene rings is 2. The number of rotatable bonds is 4. The van der Waals surface area contributed by atoms with Gasteiger partial charge in [-0.3, -0.25) is 0 Å². The highest BCUT2D eigenvalue weighted by Gasteiger charge is 2.03. The molecule has 0 aliphatic rings. The van der Waals surface area contributed by atoms with Crippen molar-refractivity contribution >= 4 is 10.9 Å². The molecule has 0 aliphatic carbocycles. The van der Waals surface area contributed by atoms with Crippen molar-refractivity contribution in [2.24, 2.45) is 5.73 Å². The minimum atomic E-state index is 0.00680. The summed E-state index contributed by atoms with van der Waals surface area (Å²) in [6.45, 7) is 2.41. The Hall–Kier alpha value is -2.39. The van der Waals surface area contributed by atoms with Gasteiger partial charge in [-0.1, -0.05) is 36.4 Å². The molecule has 0 unspecified atom stereocenters. The van der Waals surface area contributed by atoms with Crippen LogP contribution in [0.5, 0.6) is 5.75 Å². The minimum Gasteiger partial charge on any atom is -0.487 e. The molecule has 3 nitrogen and oxygen atoms in total. The molecule has 3 heteroatoms. The van der Waals surface area contributed by atoms with Gasteiger partial charge in [-0.05, 0) is 36.8 Å². The van der Waals surface area contributed by atoms with Crippen LogP contribution in [-0.4, -0.2) is 4.98 Å².